The quantitative estimate of drug-likeness (QED) is 0.339. The van der Waals surface area contributed by atoms with E-state index in [1.807, 2.05) is 27.7 Å². The molecule has 0 atom stereocenters. The first-order valence-corrected chi connectivity index (χ1v) is 9.37. The molecule has 4 nitrogen and oxygen atoms in total. The van der Waals surface area contributed by atoms with Gasteiger partial charge in [0.05, 0.1) is 0 Å². The Morgan fingerprint density at radius 3 is 0.958 bits per heavy atom. The minimum atomic E-state index is -0.282. The smallest absolute Gasteiger partial charge is 0.180 e. The number of hydrogen-bond donors (Lipinski definition) is 0. The maximum atomic E-state index is 5.81. The summed E-state index contributed by atoms with van der Waals surface area (Å²) >= 11 is 0. The average Bonchev–Trinajstić information content (AvgIpc) is 2.56. The third kappa shape index (κ3) is 7.06. The van der Waals surface area contributed by atoms with Crippen molar-refractivity contribution in [3.05, 3.63) is 22.3 Å². The van der Waals surface area contributed by atoms with Crippen molar-refractivity contribution < 1.29 is 18.9 Å². The highest BCUT2D eigenvalue weighted by atomic mass is 16.7. The van der Waals surface area contributed by atoms with Crippen LogP contribution in [0.4, 0.5) is 0 Å². The molecule has 0 bridgehead atoms. The summed E-state index contributed by atoms with van der Waals surface area (Å²) < 4.78 is 23.2. The molecule has 142 valence electrons. The number of hydrogen-bond acceptors (Lipinski definition) is 4. The molecule has 0 amide bonds. The van der Waals surface area contributed by atoms with E-state index in [1.54, 1.807) is 0 Å². The number of rotatable bonds is 13. The Morgan fingerprint density at radius 2 is 0.792 bits per heavy atom. The second kappa shape index (κ2) is 13.6. The SMILES string of the molecule is CCOC(OCC)C(CC)=C(C)C(C)=C(CC)C(OCC)OCC. The summed E-state index contributed by atoms with van der Waals surface area (Å²) in [6.45, 7) is 19.1. The lowest BCUT2D eigenvalue weighted by Crippen LogP contribution is -2.23. The summed E-state index contributed by atoms with van der Waals surface area (Å²) in [6, 6.07) is 0. The van der Waals surface area contributed by atoms with Crippen LogP contribution in [0, 0.1) is 0 Å². The van der Waals surface area contributed by atoms with Crippen LogP contribution >= 0.6 is 0 Å². The highest BCUT2D eigenvalue weighted by Crippen LogP contribution is 2.28. The first-order chi connectivity index (χ1) is 11.5. The van der Waals surface area contributed by atoms with Crippen molar-refractivity contribution in [3.63, 3.8) is 0 Å². The molecule has 0 aliphatic carbocycles. The van der Waals surface area contributed by atoms with Crippen LogP contribution in [0.5, 0.6) is 0 Å². The molecule has 0 saturated carbocycles. The monoisotopic (exact) mass is 342 g/mol. The third-order valence-corrected chi connectivity index (χ3v) is 4.13. The van der Waals surface area contributed by atoms with Crippen LogP contribution in [-0.2, 0) is 18.9 Å². The number of allylic oxidation sites excluding steroid dienone is 2. The average molecular weight is 343 g/mol. The largest absolute Gasteiger partial charge is 0.349 e. The lowest BCUT2D eigenvalue weighted by atomic mass is 9.94. The van der Waals surface area contributed by atoms with E-state index >= 15 is 0 Å². The fraction of sp³-hybridized carbons (Fsp3) is 0.800. The van der Waals surface area contributed by atoms with Crippen LogP contribution in [0.3, 0.4) is 0 Å². The van der Waals surface area contributed by atoms with Crippen LogP contribution in [-0.4, -0.2) is 39.0 Å². The third-order valence-electron chi connectivity index (χ3n) is 4.13. The zero-order valence-corrected chi connectivity index (χ0v) is 17.0. The Labute approximate surface area is 149 Å². The Kier molecular flexibility index (Phi) is 13.2. The van der Waals surface area contributed by atoms with Gasteiger partial charge in [-0.3, -0.25) is 0 Å². The van der Waals surface area contributed by atoms with Crippen molar-refractivity contribution >= 4 is 0 Å². The van der Waals surface area contributed by atoms with Gasteiger partial charge in [-0.25, -0.2) is 0 Å². The first-order valence-electron chi connectivity index (χ1n) is 9.37. The molecule has 0 fully saturated rings. The van der Waals surface area contributed by atoms with Gasteiger partial charge in [0.2, 0.25) is 0 Å². The molecule has 0 aliphatic rings. The van der Waals surface area contributed by atoms with Gasteiger partial charge in [-0.05, 0) is 76.7 Å². The fourth-order valence-corrected chi connectivity index (χ4v) is 2.80. The van der Waals surface area contributed by atoms with E-state index < -0.39 is 0 Å². The molecule has 0 unspecified atom stereocenters. The van der Waals surface area contributed by atoms with E-state index in [4.69, 9.17) is 18.9 Å². The Balaban J connectivity index is 5.86. The molecule has 0 spiro atoms. The summed E-state index contributed by atoms with van der Waals surface area (Å²) in [5.74, 6) is 0. The molecule has 0 aromatic rings. The van der Waals surface area contributed by atoms with Gasteiger partial charge in [-0.1, -0.05) is 13.8 Å². The fourth-order valence-electron chi connectivity index (χ4n) is 2.80. The first kappa shape index (κ1) is 23.3. The van der Waals surface area contributed by atoms with Crippen molar-refractivity contribution in [3.8, 4) is 0 Å². The minimum absolute atomic E-state index is 0.282. The summed E-state index contributed by atoms with van der Waals surface area (Å²) in [6.07, 6.45) is 1.21. The van der Waals surface area contributed by atoms with Crippen molar-refractivity contribution in [2.75, 3.05) is 26.4 Å². The van der Waals surface area contributed by atoms with E-state index in [0.717, 1.165) is 12.8 Å². The molecule has 0 heterocycles. The van der Waals surface area contributed by atoms with Crippen LogP contribution in [0.25, 0.3) is 0 Å². The second-order valence-electron chi connectivity index (χ2n) is 5.49. The lowest BCUT2D eigenvalue weighted by molar-refractivity contribution is -0.114. The molecule has 0 rings (SSSR count). The van der Waals surface area contributed by atoms with Gasteiger partial charge in [0.25, 0.3) is 0 Å². The maximum Gasteiger partial charge on any atom is 0.180 e. The van der Waals surface area contributed by atoms with Crippen molar-refractivity contribution in [1.29, 1.82) is 0 Å². The second-order valence-corrected chi connectivity index (χ2v) is 5.49. The number of ether oxygens (including phenoxy) is 4. The van der Waals surface area contributed by atoms with Crippen LogP contribution in [0.1, 0.15) is 68.2 Å². The van der Waals surface area contributed by atoms with E-state index in [-0.39, 0.29) is 12.6 Å². The van der Waals surface area contributed by atoms with Crippen molar-refractivity contribution in [2.45, 2.75) is 80.8 Å². The van der Waals surface area contributed by atoms with E-state index in [0.29, 0.717) is 26.4 Å². The zero-order chi connectivity index (χ0) is 18.5. The normalized spacial score (nSPS) is 14.2. The Hall–Kier alpha value is -0.680. The maximum absolute atomic E-state index is 5.81. The standard InChI is InChI=1S/C20H38O4/c1-9-17(19(21-11-3)22-12-4)15(7)16(8)18(10-2)20(23-13-5)24-14-6/h19-20H,9-14H2,1-8H3. The van der Waals surface area contributed by atoms with Crippen LogP contribution < -0.4 is 0 Å². The Morgan fingerprint density at radius 1 is 0.542 bits per heavy atom. The summed E-state index contributed by atoms with van der Waals surface area (Å²) in [4.78, 5) is 0. The predicted octanol–water partition coefficient (Wildman–Crippen LogP) is 5.24. The Bertz CT molecular complexity index is 348. The molecule has 0 aromatic heterocycles. The molecule has 0 N–H and O–H groups in total. The van der Waals surface area contributed by atoms with E-state index in [9.17, 15) is 0 Å². The van der Waals surface area contributed by atoms with Gasteiger partial charge < -0.3 is 18.9 Å². The van der Waals surface area contributed by atoms with Crippen LogP contribution in [0.2, 0.25) is 0 Å². The lowest BCUT2D eigenvalue weighted by Gasteiger charge is -2.26. The molecule has 0 saturated heterocycles. The van der Waals surface area contributed by atoms with E-state index in [2.05, 4.69) is 27.7 Å². The molecule has 0 aliphatic heterocycles. The van der Waals surface area contributed by atoms with Gasteiger partial charge in [0, 0.05) is 26.4 Å². The molecule has 24 heavy (non-hydrogen) atoms. The van der Waals surface area contributed by atoms with Gasteiger partial charge in [0.15, 0.2) is 12.6 Å². The highest BCUT2D eigenvalue weighted by molar-refractivity contribution is 5.38. The molecule has 0 radical (unpaired) electrons. The predicted molar refractivity (Wildman–Crippen MR) is 100 cm³/mol. The van der Waals surface area contributed by atoms with Gasteiger partial charge in [-0.2, -0.15) is 0 Å². The molecule has 0 aromatic carbocycles. The van der Waals surface area contributed by atoms with Gasteiger partial charge >= 0.3 is 0 Å². The van der Waals surface area contributed by atoms with Crippen molar-refractivity contribution in [1.82, 2.24) is 0 Å². The molecular weight excluding hydrogens is 304 g/mol. The zero-order valence-electron chi connectivity index (χ0n) is 17.0. The minimum Gasteiger partial charge on any atom is -0.349 e. The molecular formula is C20H38O4. The highest BCUT2D eigenvalue weighted by Gasteiger charge is 2.21. The van der Waals surface area contributed by atoms with Gasteiger partial charge in [0.1, 0.15) is 0 Å². The summed E-state index contributed by atoms with van der Waals surface area (Å²) in [7, 11) is 0. The summed E-state index contributed by atoms with van der Waals surface area (Å²) in [5.41, 5.74) is 4.80. The van der Waals surface area contributed by atoms with E-state index in [1.165, 1.54) is 22.3 Å². The molecule has 4 heteroatoms. The van der Waals surface area contributed by atoms with Gasteiger partial charge in [-0.15, -0.1) is 0 Å². The van der Waals surface area contributed by atoms with Crippen molar-refractivity contribution in [2.24, 2.45) is 0 Å². The topological polar surface area (TPSA) is 36.9 Å². The summed E-state index contributed by atoms with van der Waals surface area (Å²) in [5, 5.41) is 0. The van der Waals surface area contributed by atoms with Crippen LogP contribution in [0.15, 0.2) is 22.3 Å².